The molecule has 1 heterocycles. The molecular formula is C26H29N3O3S. The first-order chi connectivity index (χ1) is 15.8. The maximum atomic E-state index is 13.2. The predicted molar refractivity (Wildman–Crippen MR) is 133 cm³/mol. The molecule has 0 N–H and O–H groups in total. The lowest BCUT2D eigenvalue weighted by Gasteiger charge is -2.37. The lowest BCUT2D eigenvalue weighted by atomic mass is 10.1. The minimum absolute atomic E-state index is 0.105. The first-order valence-corrected chi connectivity index (χ1v) is 12.5. The maximum absolute atomic E-state index is 13.2. The highest BCUT2D eigenvalue weighted by Crippen LogP contribution is 2.25. The molecule has 1 saturated heterocycles. The van der Waals surface area contributed by atoms with Gasteiger partial charge in [-0.2, -0.15) is 0 Å². The maximum Gasteiger partial charge on any atom is 0.264 e. The van der Waals surface area contributed by atoms with Crippen molar-refractivity contribution in [1.82, 2.24) is 4.90 Å². The normalized spacial score (nSPS) is 14.3. The fourth-order valence-electron chi connectivity index (χ4n) is 4.14. The highest BCUT2D eigenvalue weighted by molar-refractivity contribution is 7.92. The number of carbonyl (C=O) groups excluding carboxylic acids is 1. The third-order valence-electron chi connectivity index (χ3n) is 6.34. The molecule has 33 heavy (non-hydrogen) atoms. The second-order valence-corrected chi connectivity index (χ2v) is 10.3. The Morgan fingerprint density at radius 1 is 0.848 bits per heavy atom. The van der Waals surface area contributed by atoms with Crippen molar-refractivity contribution in [1.29, 1.82) is 0 Å². The van der Waals surface area contributed by atoms with E-state index in [0.717, 1.165) is 13.1 Å². The number of aryl methyl sites for hydroxylation is 1. The van der Waals surface area contributed by atoms with E-state index < -0.39 is 10.0 Å². The summed E-state index contributed by atoms with van der Waals surface area (Å²) in [6.07, 6.45) is 0. The van der Waals surface area contributed by atoms with E-state index in [4.69, 9.17) is 0 Å². The minimum atomic E-state index is -3.78. The molecule has 172 valence electrons. The van der Waals surface area contributed by atoms with Crippen molar-refractivity contribution >= 4 is 27.3 Å². The Bertz CT molecular complexity index is 1250. The number of piperazine rings is 1. The van der Waals surface area contributed by atoms with Gasteiger partial charge in [-0.25, -0.2) is 8.42 Å². The number of rotatable bonds is 5. The molecule has 0 saturated carbocycles. The largest absolute Gasteiger partial charge is 0.368 e. The van der Waals surface area contributed by atoms with E-state index in [1.165, 1.54) is 40.3 Å². The standard InChI is InChI=1S/C26H29N3O3S/c1-20-9-7-14-25(21(20)2)28-15-17-29(18-16-28)26(30)22-10-8-13-24(19-22)33(31,32)27(3)23-11-5-4-6-12-23/h4-14,19H,15-18H2,1-3H3. The number of hydrogen-bond donors (Lipinski definition) is 0. The highest BCUT2D eigenvalue weighted by Gasteiger charge is 2.26. The average molecular weight is 464 g/mol. The van der Waals surface area contributed by atoms with Gasteiger partial charge in [0.05, 0.1) is 10.6 Å². The van der Waals surface area contributed by atoms with Crippen molar-refractivity contribution in [2.45, 2.75) is 18.7 Å². The van der Waals surface area contributed by atoms with E-state index in [2.05, 4.69) is 36.9 Å². The van der Waals surface area contributed by atoms with Crippen molar-refractivity contribution in [3.05, 3.63) is 89.5 Å². The molecular weight excluding hydrogens is 434 g/mol. The molecule has 1 fully saturated rings. The van der Waals surface area contributed by atoms with Gasteiger partial charge in [0.25, 0.3) is 15.9 Å². The molecule has 0 unspecified atom stereocenters. The molecule has 3 aromatic carbocycles. The molecule has 6 nitrogen and oxygen atoms in total. The molecule has 0 aromatic heterocycles. The van der Waals surface area contributed by atoms with Crippen molar-refractivity contribution in [3.8, 4) is 0 Å². The Morgan fingerprint density at radius 2 is 1.52 bits per heavy atom. The molecule has 1 aliphatic rings. The van der Waals surface area contributed by atoms with Crippen LogP contribution >= 0.6 is 0 Å². The van der Waals surface area contributed by atoms with Crippen LogP contribution in [0.3, 0.4) is 0 Å². The van der Waals surface area contributed by atoms with Gasteiger partial charge in [0.15, 0.2) is 0 Å². The van der Waals surface area contributed by atoms with E-state index in [-0.39, 0.29) is 10.8 Å². The third-order valence-corrected chi connectivity index (χ3v) is 8.12. The summed E-state index contributed by atoms with van der Waals surface area (Å²) in [7, 11) is -2.26. The van der Waals surface area contributed by atoms with Gasteiger partial charge in [-0.1, -0.05) is 36.4 Å². The first kappa shape index (κ1) is 22.9. The van der Waals surface area contributed by atoms with Crippen LogP contribution in [0.4, 0.5) is 11.4 Å². The van der Waals surface area contributed by atoms with Crippen LogP contribution in [-0.4, -0.2) is 52.5 Å². The molecule has 0 radical (unpaired) electrons. The number of benzene rings is 3. The summed E-state index contributed by atoms with van der Waals surface area (Å²) in [6.45, 7) is 6.89. The number of carbonyl (C=O) groups is 1. The molecule has 1 amide bonds. The van der Waals surface area contributed by atoms with Gasteiger partial charge in [-0.05, 0) is 61.4 Å². The van der Waals surface area contributed by atoms with Crippen LogP contribution in [0.2, 0.25) is 0 Å². The Kier molecular flexibility index (Phi) is 6.42. The summed E-state index contributed by atoms with van der Waals surface area (Å²) in [6, 6.07) is 21.5. The average Bonchev–Trinajstić information content (AvgIpc) is 2.85. The molecule has 4 rings (SSSR count). The number of hydrogen-bond acceptors (Lipinski definition) is 4. The lowest BCUT2D eigenvalue weighted by Crippen LogP contribution is -2.49. The van der Waals surface area contributed by atoms with Gasteiger partial charge in [0.2, 0.25) is 0 Å². The Morgan fingerprint density at radius 3 is 2.21 bits per heavy atom. The van der Waals surface area contributed by atoms with Crippen LogP contribution in [0.1, 0.15) is 21.5 Å². The lowest BCUT2D eigenvalue weighted by molar-refractivity contribution is 0.0746. The van der Waals surface area contributed by atoms with Gasteiger partial charge in [0.1, 0.15) is 0 Å². The summed E-state index contributed by atoms with van der Waals surface area (Å²) in [4.78, 5) is 17.4. The molecule has 0 aliphatic carbocycles. The molecule has 7 heteroatoms. The topological polar surface area (TPSA) is 60.9 Å². The van der Waals surface area contributed by atoms with Crippen molar-refractivity contribution in [2.24, 2.45) is 0 Å². The van der Waals surface area contributed by atoms with Crippen LogP contribution in [-0.2, 0) is 10.0 Å². The summed E-state index contributed by atoms with van der Waals surface area (Å²) in [5.74, 6) is -0.143. The number of nitrogens with zero attached hydrogens (tertiary/aromatic N) is 3. The van der Waals surface area contributed by atoms with Gasteiger partial charge in [-0.15, -0.1) is 0 Å². The van der Waals surface area contributed by atoms with E-state index in [1.54, 1.807) is 41.3 Å². The summed E-state index contributed by atoms with van der Waals surface area (Å²) in [5, 5.41) is 0. The second-order valence-electron chi connectivity index (χ2n) is 8.33. The quantitative estimate of drug-likeness (QED) is 0.572. The van der Waals surface area contributed by atoms with Gasteiger partial charge >= 0.3 is 0 Å². The van der Waals surface area contributed by atoms with Gasteiger partial charge in [-0.3, -0.25) is 9.10 Å². The Hall–Kier alpha value is -3.32. The number of para-hydroxylation sites is 1. The molecule has 0 spiro atoms. The Labute approximate surface area is 196 Å². The predicted octanol–water partition coefficient (Wildman–Crippen LogP) is 4.09. The summed E-state index contributed by atoms with van der Waals surface area (Å²) < 4.78 is 27.5. The number of anilines is 2. The second kappa shape index (κ2) is 9.27. The smallest absolute Gasteiger partial charge is 0.264 e. The zero-order valence-corrected chi connectivity index (χ0v) is 20.0. The molecule has 3 aromatic rings. The van der Waals surface area contributed by atoms with E-state index in [0.29, 0.717) is 24.3 Å². The zero-order chi connectivity index (χ0) is 23.6. The van der Waals surface area contributed by atoms with Crippen LogP contribution < -0.4 is 9.21 Å². The number of amides is 1. The van der Waals surface area contributed by atoms with E-state index >= 15 is 0 Å². The third kappa shape index (κ3) is 4.59. The zero-order valence-electron chi connectivity index (χ0n) is 19.2. The van der Waals surface area contributed by atoms with Crippen LogP contribution in [0.5, 0.6) is 0 Å². The van der Waals surface area contributed by atoms with Gasteiger partial charge in [0, 0.05) is 44.5 Å². The minimum Gasteiger partial charge on any atom is -0.368 e. The van der Waals surface area contributed by atoms with Crippen molar-refractivity contribution in [3.63, 3.8) is 0 Å². The SMILES string of the molecule is Cc1cccc(N2CCN(C(=O)c3cccc(S(=O)(=O)N(C)c4ccccc4)c3)CC2)c1C. The molecule has 0 bridgehead atoms. The molecule has 0 atom stereocenters. The van der Waals surface area contributed by atoms with Crippen LogP contribution in [0, 0.1) is 13.8 Å². The fourth-order valence-corrected chi connectivity index (χ4v) is 5.38. The van der Waals surface area contributed by atoms with Crippen molar-refractivity contribution in [2.75, 3.05) is 42.4 Å². The number of sulfonamides is 1. The monoisotopic (exact) mass is 463 g/mol. The summed E-state index contributed by atoms with van der Waals surface area (Å²) >= 11 is 0. The molecule has 1 aliphatic heterocycles. The van der Waals surface area contributed by atoms with Gasteiger partial charge < -0.3 is 9.80 Å². The summed E-state index contributed by atoms with van der Waals surface area (Å²) in [5.41, 5.74) is 4.68. The Balaban J connectivity index is 1.49. The van der Waals surface area contributed by atoms with Crippen LogP contribution in [0.15, 0.2) is 77.7 Å². The highest BCUT2D eigenvalue weighted by atomic mass is 32.2. The van der Waals surface area contributed by atoms with Crippen molar-refractivity contribution < 1.29 is 13.2 Å². The van der Waals surface area contributed by atoms with E-state index in [1.807, 2.05) is 6.07 Å². The fraction of sp³-hybridized carbons (Fsp3) is 0.269. The van der Waals surface area contributed by atoms with Crippen LogP contribution in [0.25, 0.3) is 0 Å². The van der Waals surface area contributed by atoms with E-state index in [9.17, 15) is 13.2 Å². The first-order valence-electron chi connectivity index (χ1n) is 11.0.